The Hall–Kier alpha value is -0.420. The summed E-state index contributed by atoms with van der Waals surface area (Å²) in [5.74, 6) is 4.36. The number of nitrogen functional groups attached to an aromatic ring is 1. The number of nitrogens with two attached hydrogens (primary N) is 1. The average Bonchev–Trinajstić information content (AvgIpc) is 2.27. The van der Waals surface area contributed by atoms with E-state index in [9.17, 15) is 0 Å². The molecule has 2 atom stereocenters. The van der Waals surface area contributed by atoms with Gasteiger partial charge in [0, 0.05) is 28.0 Å². The molecule has 0 spiro atoms. The highest BCUT2D eigenvalue weighted by Gasteiger charge is 2.27. The van der Waals surface area contributed by atoms with Gasteiger partial charge in [-0.25, -0.2) is 9.97 Å². The van der Waals surface area contributed by atoms with E-state index >= 15 is 0 Å². The zero-order valence-corrected chi connectivity index (χ0v) is 13.1. The lowest BCUT2D eigenvalue weighted by molar-refractivity contribution is 0.780. The van der Waals surface area contributed by atoms with Crippen LogP contribution in [0.15, 0.2) is 0 Å². The third kappa shape index (κ3) is 2.77. The second-order valence-corrected chi connectivity index (χ2v) is 7.72. The maximum Gasteiger partial charge on any atom is 0.145 e. The van der Waals surface area contributed by atoms with Gasteiger partial charge >= 0.3 is 0 Å². The minimum absolute atomic E-state index is 0.379. The van der Waals surface area contributed by atoms with Crippen molar-refractivity contribution in [1.29, 1.82) is 0 Å². The van der Waals surface area contributed by atoms with Crippen molar-refractivity contribution >= 4 is 29.3 Å². The Kier molecular flexibility index (Phi) is 4.43. The first-order valence-corrected chi connectivity index (χ1v) is 8.47. The molecule has 0 aromatic carbocycles. The van der Waals surface area contributed by atoms with Gasteiger partial charge in [0.25, 0.3) is 0 Å². The Morgan fingerprint density at radius 1 is 1.22 bits per heavy atom. The summed E-state index contributed by atoms with van der Waals surface area (Å²) in [6, 6.07) is 0. The van der Waals surface area contributed by atoms with E-state index in [4.69, 9.17) is 10.7 Å². The molecule has 1 aliphatic heterocycles. The molecule has 1 aromatic rings. The molecule has 0 amide bonds. The first-order valence-electron chi connectivity index (χ1n) is 6.37. The Morgan fingerprint density at radius 3 is 2.44 bits per heavy atom. The lowest BCUT2D eigenvalue weighted by atomic mass is 10.0. The van der Waals surface area contributed by atoms with Crippen LogP contribution in [0, 0.1) is 6.92 Å². The molecule has 2 unspecified atom stereocenters. The molecular weight excluding hydrogens is 262 g/mol. The number of thioether (sulfide) groups is 2. The van der Waals surface area contributed by atoms with Gasteiger partial charge in [-0.3, -0.25) is 0 Å². The number of rotatable bonds is 2. The highest BCUT2D eigenvalue weighted by molar-refractivity contribution is 8.06. The van der Waals surface area contributed by atoms with E-state index in [1.807, 2.05) is 30.4 Å². The zero-order valence-electron chi connectivity index (χ0n) is 11.4. The predicted molar refractivity (Wildman–Crippen MR) is 82.4 cm³/mol. The quantitative estimate of drug-likeness (QED) is 0.901. The maximum absolute atomic E-state index is 6.11. The van der Waals surface area contributed by atoms with Crippen LogP contribution in [0.5, 0.6) is 0 Å². The van der Waals surface area contributed by atoms with Crippen molar-refractivity contribution in [3.8, 4) is 0 Å². The van der Waals surface area contributed by atoms with E-state index in [1.54, 1.807) is 0 Å². The SMILES string of the molecule is Cc1nc(C2SCCSC2C)nc(N)c1C(C)C. The number of nitrogens with zero attached hydrogens (tertiary/aromatic N) is 2. The van der Waals surface area contributed by atoms with Crippen molar-refractivity contribution in [2.45, 2.75) is 44.1 Å². The maximum atomic E-state index is 6.11. The smallest absolute Gasteiger partial charge is 0.145 e. The second kappa shape index (κ2) is 5.70. The van der Waals surface area contributed by atoms with Gasteiger partial charge in [-0.15, -0.1) is 11.8 Å². The number of aromatic nitrogens is 2. The minimum atomic E-state index is 0.379. The van der Waals surface area contributed by atoms with Gasteiger partial charge in [0.15, 0.2) is 0 Å². The number of hydrogen-bond donors (Lipinski definition) is 1. The molecule has 0 aliphatic carbocycles. The van der Waals surface area contributed by atoms with Crippen molar-refractivity contribution in [2.75, 3.05) is 17.2 Å². The van der Waals surface area contributed by atoms with E-state index < -0.39 is 0 Å². The standard InChI is InChI=1S/C13H21N3S2/c1-7(2)10-8(3)15-13(16-12(10)14)11-9(4)17-5-6-18-11/h7,9,11H,5-6H2,1-4H3,(H2,14,15,16). The monoisotopic (exact) mass is 283 g/mol. The van der Waals surface area contributed by atoms with Crippen molar-refractivity contribution in [1.82, 2.24) is 9.97 Å². The third-order valence-corrected chi connectivity index (χ3v) is 6.29. The normalized spacial score (nSPS) is 24.5. The molecule has 0 radical (unpaired) electrons. The topological polar surface area (TPSA) is 51.8 Å². The van der Waals surface area contributed by atoms with Gasteiger partial charge in [0.05, 0.1) is 5.25 Å². The lowest BCUT2D eigenvalue weighted by Crippen LogP contribution is -2.20. The first-order chi connectivity index (χ1) is 8.50. The van der Waals surface area contributed by atoms with Gasteiger partial charge in [-0.2, -0.15) is 11.8 Å². The molecule has 1 saturated heterocycles. The summed E-state index contributed by atoms with van der Waals surface area (Å²) >= 11 is 3.96. The highest BCUT2D eigenvalue weighted by Crippen LogP contribution is 2.41. The molecule has 2 rings (SSSR count). The van der Waals surface area contributed by atoms with Crippen LogP contribution in [-0.2, 0) is 0 Å². The Balaban J connectivity index is 2.35. The summed E-state index contributed by atoms with van der Waals surface area (Å²) in [6.07, 6.45) is 0. The van der Waals surface area contributed by atoms with Crippen LogP contribution in [0.3, 0.4) is 0 Å². The molecule has 1 aliphatic rings. The van der Waals surface area contributed by atoms with Crippen molar-refractivity contribution < 1.29 is 0 Å². The molecule has 0 bridgehead atoms. The summed E-state index contributed by atoms with van der Waals surface area (Å²) in [5, 5.41) is 0.943. The molecule has 0 saturated carbocycles. The Morgan fingerprint density at radius 2 is 1.89 bits per heavy atom. The number of anilines is 1. The summed E-state index contributed by atoms with van der Waals surface area (Å²) in [4.78, 5) is 9.27. The van der Waals surface area contributed by atoms with Crippen molar-refractivity contribution in [3.63, 3.8) is 0 Å². The molecular formula is C13H21N3S2. The van der Waals surface area contributed by atoms with E-state index in [2.05, 4.69) is 25.8 Å². The van der Waals surface area contributed by atoms with Gasteiger partial charge < -0.3 is 5.73 Å². The van der Waals surface area contributed by atoms with Crippen LogP contribution in [0.4, 0.5) is 5.82 Å². The highest BCUT2D eigenvalue weighted by atomic mass is 32.2. The third-order valence-electron chi connectivity index (χ3n) is 3.20. The molecule has 2 N–H and O–H groups in total. The fraction of sp³-hybridized carbons (Fsp3) is 0.692. The van der Waals surface area contributed by atoms with Crippen LogP contribution in [0.2, 0.25) is 0 Å². The van der Waals surface area contributed by atoms with Crippen LogP contribution < -0.4 is 5.73 Å². The van der Waals surface area contributed by atoms with Gasteiger partial charge in [-0.05, 0) is 12.8 Å². The lowest BCUT2D eigenvalue weighted by Gasteiger charge is -2.27. The van der Waals surface area contributed by atoms with Crippen molar-refractivity contribution in [3.05, 3.63) is 17.1 Å². The van der Waals surface area contributed by atoms with Crippen LogP contribution >= 0.6 is 23.5 Å². The molecule has 1 aromatic heterocycles. The summed E-state index contributed by atoms with van der Waals surface area (Å²) in [6.45, 7) is 8.57. The van der Waals surface area contributed by atoms with E-state index in [0.29, 0.717) is 22.2 Å². The van der Waals surface area contributed by atoms with Crippen LogP contribution in [-0.4, -0.2) is 26.7 Å². The predicted octanol–water partition coefficient (Wildman–Crippen LogP) is 3.40. The summed E-state index contributed by atoms with van der Waals surface area (Å²) < 4.78 is 0. The van der Waals surface area contributed by atoms with Crippen molar-refractivity contribution in [2.24, 2.45) is 0 Å². The van der Waals surface area contributed by atoms with Crippen LogP contribution in [0.1, 0.15) is 49.0 Å². The summed E-state index contributed by atoms with van der Waals surface area (Å²) in [7, 11) is 0. The Labute approximate surface area is 118 Å². The van der Waals surface area contributed by atoms with Gasteiger partial charge in [0.1, 0.15) is 11.6 Å². The first kappa shape index (κ1) is 14.0. The fourth-order valence-electron chi connectivity index (χ4n) is 2.38. The number of aryl methyl sites for hydroxylation is 1. The van der Waals surface area contributed by atoms with E-state index in [0.717, 1.165) is 17.1 Å². The molecule has 5 heteroatoms. The fourth-order valence-corrected chi connectivity index (χ4v) is 5.07. The molecule has 100 valence electrons. The van der Waals surface area contributed by atoms with Gasteiger partial charge in [-0.1, -0.05) is 20.8 Å². The molecule has 3 nitrogen and oxygen atoms in total. The molecule has 1 fully saturated rings. The molecule has 2 heterocycles. The second-order valence-electron chi connectivity index (χ2n) is 4.99. The van der Waals surface area contributed by atoms with E-state index in [1.165, 1.54) is 11.5 Å². The zero-order chi connectivity index (χ0) is 13.3. The molecule has 18 heavy (non-hydrogen) atoms. The average molecular weight is 283 g/mol. The van der Waals surface area contributed by atoms with Crippen LogP contribution in [0.25, 0.3) is 0 Å². The summed E-state index contributed by atoms with van der Waals surface area (Å²) in [5.41, 5.74) is 8.24. The largest absolute Gasteiger partial charge is 0.383 e. The minimum Gasteiger partial charge on any atom is -0.383 e. The number of hydrogen-bond acceptors (Lipinski definition) is 5. The van der Waals surface area contributed by atoms with E-state index in [-0.39, 0.29) is 0 Å². The Bertz CT molecular complexity index is 411. The van der Waals surface area contributed by atoms with Gasteiger partial charge in [0.2, 0.25) is 0 Å².